The van der Waals surface area contributed by atoms with E-state index in [2.05, 4.69) is 10.3 Å². The molecular weight excluding hydrogens is 218 g/mol. The molecule has 1 aromatic rings. The van der Waals surface area contributed by atoms with Crippen LogP contribution in [0.25, 0.3) is 0 Å². The van der Waals surface area contributed by atoms with Crippen LogP contribution in [0.4, 0.5) is 11.4 Å². The van der Waals surface area contributed by atoms with Crippen LogP contribution in [0.2, 0.25) is 0 Å². The van der Waals surface area contributed by atoms with Crippen molar-refractivity contribution in [2.45, 2.75) is 31.8 Å². The molecule has 1 amide bonds. The van der Waals surface area contributed by atoms with Gasteiger partial charge in [-0.3, -0.25) is 9.78 Å². The number of nitrogens with one attached hydrogen (secondary N) is 1. The highest BCUT2D eigenvalue weighted by Crippen LogP contribution is 2.19. The number of pyridine rings is 1. The summed E-state index contributed by atoms with van der Waals surface area (Å²) in [4.78, 5) is 15.5. The van der Waals surface area contributed by atoms with E-state index in [9.17, 15) is 4.79 Å². The van der Waals surface area contributed by atoms with Gasteiger partial charge < -0.3 is 15.8 Å². The fourth-order valence-electron chi connectivity index (χ4n) is 1.90. The van der Waals surface area contributed by atoms with Crippen LogP contribution in [0, 0.1) is 0 Å². The highest BCUT2D eigenvalue weighted by Gasteiger charge is 2.16. The molecule has 1 atom stereocenters. The lowest BCUT2D eigenvalue weighted by molar-refractivity contribution is -0.116. The number of anilines is 2. The van der Waals surface area contributed by atoms with Gasteiger partial charge in [-0.05, 0) is 25.3 Å². The van der Waals surface area contributed by atoms with E-state index in [0.29, 0.717) is 17.8 Å². The summed E-state index contributed by atoms with van der Waals surface area (Å²) in [5.74, 6) is -0.0293. The van der Waals surface area contributed by atoms with Gasteiger partial charge in [0, 0.05) is 19.2 Å². The van der Waals surface area contributed by atoms with Crippen LogP contribution < -0.4 is 11.1 Å². The van der Waals surface area contributed by atoms with Gasteiger partial charge in [-0.2, -0.15) is 0 Å². The Morgan fingerprint density at radius 2 is 2.53 bits per heavy atom. The number of nitrogens with two attached hydrogens (primary N) is 1. The number of ether oxygens (including phenoxy) is 1. The summed E-state index contributed by atoms with van der Waals surface area (Å²) < 4.78 is 5.46. The van der Waals surface area contributed by atoms with Gasteiger partial charge in [-0.15, -0.1) is 0 Å². The molecule has 5 nitrogen and oxygen atoms in total. The van der Waals surface area contributed by atoms with Crippen molar-refractivity contribution in [2.75, 3.05) is 17.7 Å². The molecule has 1 aliphatic heterocycles. The number of nitrogen functional groups attached to an aromatic ring is 1. The second-order valence-electron chi connectivity index (χ2n) is 4.18. The molecule has 0 aliphatic carbocycles. The Balaban J connectivity index is 1.79. The molecule has 1 fully saturated rings. The second-order valence-corrected chi connectivity index (χ2v) is 4.18. The van der Waals surface area contributed by atoms with Crippen molar-refractivity contribution in [2.24, 2.45) is 0 Å². The smallest absolute Gasteiger partial charge is 0.224 e. The lowest BCUT2D eigenvalue weighted by Crippen LogP contribution is -2.16. The van der Waals surface area contributed by atoms with Gasteiger partial charge in [-0.25, -0.2) is 0 Å². The van der Waals surface area contributed by atoms with Gasteiger partial charge in [0.1, 0.15) is 0 Å². The van der Waals surface area contributed by atoms with Gasteiger partial charge in [0.25, 0.3) is 0 Å². The number of amides is 1. The zero-order valence-electron chi connectivity index (χ0n) is 9.69. The van der Waals surface area contributed by atoms with Crippen LogP contribution >= 0.6 is 0 Å². The molecular formula is C12H17N3O2. The molecule has 1 aromatic heterocycles. The van der Waals surface area contributed by atoms with Gasteiger partial charge in [0.05, 0.1) is 23.7 Å². The van der Waals surface area contributed by atoms with E-state index in [1.165, 1.54) is 6.20 Å². The number of carbonyl (C=O) groups excluding carboxylic acids is 1. The highest BCUT2D eigenvalue weighted by atomic mass is 16.5. The molecule has 0 aromatic carbocycles. The van der Waals surface area contributed by atoms with E-state index < -0.39 is 0 Å². The van der Waals surface area contributed by atoms with Crippen molar-refractivity contribution in [3.63, 3.8) is 0 Å². The number of nitrogens with zero attached hydrogens (tertiary/aromatic N) is 1. The predicted octanol–water partition coefficient (Wildman–Crippen LogP) is 1.56. The maximum atomic E-state index is 11.7. The van der Waals surface area contributed by atoms with Crippen molar-refractivity contribution < 1.29 is 9.53 Å². The summed E-state index contributed by atoms with van der Waals surface area (Å²) in [5, 5.41) is 2.77. The summed E-state index contributed by atoms with van der Waals surface area (Å²) in [6.07, 6.45) is 6.77. The lowest BCUT2D eigenvalue weighted by Gasteiger charge is -2.10. The van der Waals surface area contributed by atoms with E-state index in [1.54, 1.807) is 12.3 Å². The highest BCUT2D eigenvalue weighted by molar-refractivity contribution is 5.93. The average molecular weight is 235 g/mol. The monoisotopic (exact) mass is 235 g/mol. The van der Waals surface area contributed by atoms with E-state index in [4.69, 9.17) is 10.5 Å². The quantitative estimate of drug-likeness (QED) is 0.830. The predicted molar refractivity (Wildman–Crippen MR) is 65.5 cm³/mol. The molecule has 0 spiro atoms. The number of rotatable bonds is 4. The maximum Gasteiger partial charge on any atom is 0.224 e. The van der Waals surface area contributed by atoms with E-state index in [1.807, 2.05) is 0 Å². The largest absolute Gasteiger partial charge is 0.396 e. The van der Waals surface area contributed by atoms with Crippen LogP contribution in [0.5, 0.6) is 0 Å². The third-order valence-corrected chi connectivity index (χ3v) is 2.84. The number of aromatic nitrogens is 1. The van der Waals surface area contributed by atoms with Crippen molar-refractivity contribution >= 4 is 17.3 Å². The molecule has 3 N–H and O–H groups in total. The second kappa shape index (κ2) is 5.63. The SMILES string of the molecule is Nc1cnccc1NC(=O)CCC1CCCO1. The third kappa shape index (κ3) is 3.42. The molecule has 92 valence electrons. The normalized spacial score (nSPS) is 19.2. The minimum absolute atomic E-state index is 0.0293. The van der Waals surface area contributed by atoms with Gasteiger partial charge >= 0.3 is 0 Å². The van der Waals surface area contributed by atoms with E-state index in [0.717, 1.165) is 25.9 Å². The first-order valence-corrected chi connectivity index (χ1v) is 5.86. The fourth-order valence-corrected chi connectivity index (χ4v) is 1.90. The zero-order chi connectivity index (χ0) is 12.1. The van der Waals surface area contributed by atoms with Crippen LogP contribution in [0.3, 0.4) is 0 Å². The number of hydrogen-bond donors (Lipinski definition) is 2. The van der Waals surface area contributed by atoms with Gasteiger partial charge in [-0.1, -0.05) is 0 Å². The Hall–Kier alpha value is -1.62. The Morgan fingerprint density at radius 3 is 3.24 bits per heavy atom. The minimum Gasteiger partial charge on any atom is -0.396 e. The number of hydrogen-bond acceptors (Lipinski definition) is 4. The van der Waals surface area contributed by atoms with Crippen LogP contribution in [0.1, 0.15) is 25.7 Å². The molecule has 0 radical (unpaired) electrons. The average Bonchev–Trinajstić information content (AvgIpc) is 2.82. The standard InChI is InChI=1S/C12H17N3O2/c13-10-8-14-6-5-11(10)15-12(16)4-3-9-2-1-7-17-9/h5-6,8-9H,1-4,7,13H2,(H,14,15,16). The van der Waals surface area contributed by atoms with Crippen molar-refractivity contribution in [3.05, 3.63) is 18.5 Å². The molecule has 0 bridgehead atoms. The van der Waals surface area contributed by atoms with E-state index >= 15 is 0 Å². The van der Waals surface area contributed by atoms with E-state index in [-0.39, 0.29) is 12.0 Å². The maximum absolute atomic E-state index is 11.7. The Labute approximate surface area is 100 Å². The van der Waals surface area contributed by atoms with Gasteiger partial charge in [0.2, 0.25) is 5.91 Å². The summed E-state index contributed by atoms with van der Waals surface area (Å²) >= 11 is 0. The third-order valence-electron chi connectivity index (χ3n) is 2.84. The summed E-state index contributed by atoms with van der Waals surface area (Å²) in [6, 6.07) is 1.69. The minimum atomic E-state index is -0.0293. The summed E-state index contributed by atoms with van der Waals surface area (Å²) in [6.45, 7) is 0.823. The number of carbonyl (C=O) groups is 1. The Bertz CT molecular complexity index is 389. The van der Waals surface area contributed by atoms with Crippen molar-refractivity contribution in [3.8, 4) is 0 Å². The molecule has 17 heavy (non-hydrogen) atoms. The molecule has 1 aliphatic rings. The first-order chi connectivity index (χ1) is 8.25. The summed E-state index contributed by atoms with van der Waals surface area (Å²) in [7, 11) is 0. The van der Waals surface area contributed by atoms with Crippen molar-refractivity contribution in [1.82, 2.24) is 4.98 Å². The Morgan fingerprint density at radius 1 is 1.65 bits per heavy atom. The molecule has 2 heterocycles. The molecule has 1 saturated heterocycles. The van der Waals surface area contributed by atoms with Crippen LogP contribution in [-0.2, 0) is 9.53 Å². The zero-order valence-corrected chi connectivity index (χ0v) is 9.69. The van der Waals surface area contributed by atoms with Crippen molar-refractivity contribution in [1.29, 1.82) is 0 Å². The van der Waals surface area contributed by atoms with Crippen LogP contribution in [0.15, 0.2) is 18.5 Å². The Kier molecular flexibility index (Phi) is 3.93. The molecule has 5 heteroatoms. The molecule has 0 saturated carbocycles. The topological polar surface area (TPSA) is 77.2 Å². The first kappa shape index (κ1) is 11.9. The summed E-state index contributed by atoms with van der Waals surface area (Å²) in [5.41, 5.74) is 6.79. The molecule has 2 rings (SSSR count). The first-order valence-electron chi connectivity index (χ1n) is 5.86. The van der Waals surface area contributed by atoms with Gasteiger partial charge in [0.15, 0.2) is 0 Å². The molecule has 1 unspecified atom stereocenters. The fraction of sp³-hybridized carbons (Fsp3) is 0.500. The van der Waals surface area contributed by atoms with Crippen LogP contribution in [-0.4, -0.2) is 23.6 Å². The lowest BCUT2D eigenvalue weighted by atomic mass is 10.1.